The molecule has 0 aliphatic rings. The van der Waals surface area contributed by atoms with Gasteiger partial charge in [-0.25, -0.2) is 0 Å². The third kappa shape index (κ3) is 27.7. The molecular formula is Ni2S3. The zero-order valence-electron chi connectivity index (χ0n) is 1.86. The predicted molar refractivity (Wildman–Crippen MR) is 22.8 cm³/mol. The van der Waals surface area contributed by atoms with E-state index in [0.717, 1.165) is 11.2 Å². The van der Waals surface area contributed by atoms with Gasteiger partial charge in [0, 0.05) is 0 Å². The molecule has 0 aromatic rings. The summed E-state index contributed by atoms with van der Waals surface area (Å²) in [5.74, 6) is 0. The van der Waals surface area contributed by atoms with Crippen molar-refractivity contribution in [3.8, 4) is 0 Å². The summed E-state index contributed by atoms with van der Waals surface area (Å²) in [4.78, 5) is 0. The van der Waals surface area contributed by atoms with Crippen LogP contribution in [0.15, 0.2) is 0 Å². The molecule has 0 N–H and O–H groups in total. The van der Waals surface area contributed by atoms with E-state index in [4.69, 9.17) is 0 Å². The summed E-state index contributed by atoms with van der Waals surface area (Å²) in [5.41, 5.74) is 0. The van der Waals surface area contributed by atoms with Gasteiger partial charge >= 0.3 is 57.1 Å². The molecule has 0 radical (unpaired) electrons. The van der Waals surface area contributed by atoms with Gasteiger partial charge in [0.15, 0.2) is 0 Å². The van der Waals surface area contributed by atoms with Crippen molar-refractivity contribution in [3.05, 3.63) is 0 Å². The van der Waals surface area contributed by atoms with E-state index in [1.165, 1.54) is 0 Å². The molecule has 0 spiro atoms. The first kappa shape index (κ1) is 9.82. The third-order valence-corrected chi connectivity index (χ3v) is 0. The molecule has 0 nitrogen and oxygen atoms in total. The van der Waals surface area contributed by atoms with Crippen molar-refractivity contribution in [3.63, 3.8) is 0 Å². The molecule has 5 heavy (non-hydrogen) atoms. The summed E-state index contributed by atoms with van der Waals surface area (Å²) in [5, 5.41) is 0. The zero-order chi connectivity index (χ0) is 4.71. The van der Waals surface area contributed by atoms with Gasteiger partial charge in [0.2, 0.25) is 0 Å². The Morgan fingerprint density at radius 2 is 1.20 bits per heavy atom. The fourth-order valence-corrected chi connectivity index (χ4v) is 0. The van der Waals surface area contributed by atoms with Crippen molar-refractivity contribution in [2.45, 2.75) is 0 Å². The molecule has 0 saturated heterocycles. The van der Waals surface area contributed by atoms with Crippen LogP contribution >= 0.6 is 32.0 Å². The van der Waals surface area contributed by atoms with Gasteiger partial charge in [0.05, 0.1) is 0 Å². The Bertz CT molecular complexity index is 34.2. The van der Waals surface area contributed by atoms with E-state index in [9.17, 15) is 0 Å². The van der Waals surface area contributed by atoms with Gasteiger partial charge in [-0.3, -0.25) is 0 Å². The summed E-state index contributed by atoms with van der Waals surface area (Å²) in [7, 11) is 12.0. The Morgan fingerprint density at radius 3 is 1.20 bits per heavy atom. The maximum absolute atomic E-state index is 4.15. The first-order chi connectivity index (χ1) is 2.41. The fourth-order valence-electron chi connectivity index (χ4n) is 0. The Morgan fingerprint density at radius 1 is 1.20 bits per heavy atom. The second kappa shape index (κ2) is 17.4. The normalized spacial score (nSPS) is 5.20. The molecule has 0 heterocycles. The first-order valence-electron chi connectivity index (χ1n) is 0.387. The van der Waals surface area contributed by atoms with Crippen LogP contribution in [0, 0.1) is 0 Å². The average molecular weight is 214 g/mol. The molecular weight excluding hydrogens is 214 g/mol. The summed E-state index contributed by atoms with van der Waals surface area (Å²) in [6, 6.07) is 0. The van der Waals surface area contributed by atoms with Crippen molar-refractivity contribution in [2.24, 2.45) is 0 Å². The molecule has 0 atom stereocenters. The van der Waals surface area contributed by atoms with Crippen LogP contribution in [0.4, 0.5) is 0 Å². The topological polar surface area (TPSA) is 0 Å². The van der Waals surface area contributed by atoms with E-state index >= 15 is 0 Å². The van der Waals surface area contributed by atoms with Crippen LogP contribution < -0.4 is 0 Å². The second-order valence-corrected chi connectivity index (χ2v) is 1.96. The van der Waals surface area contributed by atoms with Crippen LogP contribution in [-0.2, 0) is 25.1 Å². The molecule has 0 bridgehead atoms. The minimum atomic E-state index is 0.792. The standard InChI is InChI=1S/2Ni.3S. The second-order valence-electron chi connectivity index (χ2n) is 0.0527. The van der Waals surface area contributed by atoms with Gasteiger partial charge in [-0.1, -0.05) is 0 Å². The first-order valence-corrected chi connectivity index (χ1v) is 4.79. The Balaban J connectivity index is 0. The van der Waals surface area contributed by atoms with Gasteiger partial charge in [0.25, 0.3) is 0 Å². The molecule has 5 heteroatoms. The van der Waals surface area contributed by atoms with Gasteiger partial charge in [0.1, 0.15) is 0 Å². The van der Waals surface area contributed by atoms with Crippen molar-refractivity contribution in [1.82, 2.24) is 0 Å². The van der Waals surface area contributed by atoms with Gasteiger partial charge < -0.3 is 0 Å². The van der Waals surface area contributed by atoms with Crippen LogP contribution in [-0.4, -0.2) is 0 Å². The molecule has 0 fully saturated rings. The molecule has 0 saturated carbocycles. The Labute approximate surface area is 56.6 Å². The quantitative estimate of drug-likeness (QED) is 0.565. The monoisotopic (exact) mass is 212 g/mol. The van der Waals surface area contributed by atoms with Gasteiger partial charge in [-0.05, 0) is 0 Å². The minimum absolute atomic E-state index is 0.792. The van der Waals surface area contributed by atoms with Crippen LogP contribution in [0.2, 0.25) is 0 Å². The van der Waals surface area contributed by atoms with Crippen LogP contribution in [0.5, 0.6) is 0 Å². The van der Waals surface area contributed by atoms with Crippen LogP contribution in [0.1, 0.15) is 0 Å². The summed E-state index contributed by atoms with van der Waals surface area (Å²) >= 11 is 4.25. The molecule has 0 unspecified atom stereocenters. The van der Waals surface area contributed by atoms with Gasteiger partial charge in [-0.2, -0.15) is 0 Å². The van der Waals surface area contributed by atoms with Crippen LogP contribution in [0.25, 0.3) is 0 Å². The number of rotatable bonds is 0. The summed E-state index contributed by atoms with van der Waals surface area (Å²) in [6.07, 6.45) is 0. The summed E-state index contributed by atoms with van der Waals surface area (Å²) < 4.78 is 0. The van der Waals surface area contributed by atoms with E-state index in [2.05, 4.69) is 45.8 Å². The number of hydrogen-bond donors (Lipinski definition) is 0. The number of hydrogen-bond acceptors (Lipinski definition) is 3. The van der Waals surface area contributed by atoms with E-state index in [0.29, 0.717) is 0 Å². The van der Waals surface area contributed by atoms with Crippen molar-refractivity contribution in [1.29, 1.82) is 0 Å². The maximum atomic E-state index is 4.15. The van der Waals surface area contributed by atoms with Gasteiger partial charge in [-0.15, -0.1) is 0 Å². The molecule has 0 aliphatic carbocycles. The average Bonchev–Trinajstić information content (AvgIpc) is 1.46. The zero-order valence-corrected chi connectivity index (χ0v) is 6.28. The Hall–Kier alpha value is 1.65. The van der Waals surface area contributed by atoms with E-state index in [-0.39, 0.29) is 0 Å². The van der Waals surface area contributed by atoms with Crippen molar-refractivity contribution >= 4 is 32.0 Å². The van der Waals surface area contributed by atoms with E-state index < -0.39 is 0 Å². The van der Waals surface area contributed by atoms with Crippen molar-refractivity contribution < 1.29 is 25.1 Å². The fraction of sp³-hybridized carbons (Fsp3) is 0. The molecule has 0 aromatic heterocycles. The summed E-state index contributed by atoms with van der Waals surface area (Å²) in [6.45, 7) is 0. The molecule has 0 rings (SSSR count). The SMILES string of the molecule is [S]=[Ni].[S]=[Ni]=[S]. The molecule has 38 valence electrons. The van der Waals surface area contributed by atoms with Crippen molar-refractivity contribution in [2.75, 3.05) is 0 Å². The molecule has 0 amide bonds. The molecule has 0 aliphatic heterocycles. The van der Waals surface area contributed by atoms with E-state index in [1.807, 2.05) is 0 Å². The predicted octanol–water partition coefficient (Wildman–Crippen LogP) is 1.94. The van der Waals surface area contributed by atoms with Crippen LogP contribution in [0.3, 0.4) is 0 Å². The molecule has 0 aromatic carbocycles. The third-order valence-electron chi connectivity index (χ3n) is 0. The Kier molecular flexibility index (Phi) is 34.2. The van der Waals surface area contributed by atoms with E-state index in [1.54, 1.807) is 0 Å².